The summed E-state index contributed by atoms with van der Waals surface area (Å²) in [5.74, 6) is -1.96. The number of carbonyl (C=O) groups is 2. The van der Waals surface area contributed by atoms with Crippen LogP contribution in [0.25, 0.3) is 0 Å². The number of rotatable bonds is 14. The zero-order valence-electron chi connectivity index (χ0n) is 21.8. The van der Waals surface area contributed by atoms with Crippen molar-refractivity contribution in [1.82, 2.24) is 5.32 Å². The Bertz CT molecular complexity index is 1200. The number of primary amides is 1. The lowest BCUT2D eigenvalue weighted by atomic mass is 9.91. The molecule has 0 unspecified atom stereocenters. The van der Waals surface area contributed by atoms with Gasteiger partial charge in [-0.1, -0.05) is 84.9 Å². The van der Waals surface area contributed by atoms with Crippen LogP contribution < -0.4 is 16.8 Å². The van der Waals surface area contributed by atoms with E-state index in [0.717, 1.165) is 16.7 Å². The quantitative estimate of drug-likeness (QED) is 0.175. The maximum absolute atomic E-state index is 13.3. The average molecular weight is 532 g/mol. The highest BCUT2D eigenvalue weighted by Crippen LogP contribution is 2.17. The third-order valence-corrected chi connectivity index (χ3v) is 6.50. The van der Waals surface area contributed by atoms with Gasteiger partial charge in [0, 0.05) is 12.5 Å². The van der Waals surface area contributed by atoms with Crippen molar-refractivity contribution in [2.75, 3.05) is 0 Å². The first-order chi connectivity index (χ1) is 18.7. The van der Waals surface area contributed by atoms with Gasteiger partial charge in [0.15, 0.2) is 0 Å². The van der Waals surface area contributed by atoms with Crippen LogP contribution in [0.15, 0.2) is 97.1 Å². The van der Waals surface area contributed by atoms with Crippen LogP contribution in [0.4, 0.5) is 0 Å². The van der Waals surface area contributed by atoms with E-state index in [1.807, 2.05) is 60.7 Å². The average Bonchev–Trinajstić information content (AvgIpc) is 2.92. The van der Waals surface area contributed by atoms with Gasteiger partial charge >= 0.3 is 0 Å². The van der Waals surface area contributed by atoms with E-state index in [9.17, 15) is 24.9 Å². The number of nitrogens with two attached hydrogens (primary N) is 2. The molecule has 0 fully saturated rings. The van der Waals surface area contributed by atoms with Gasteiger partial charge in [0.1, 0.15) is 11.8 Å². The molecule has 0 heterocycles. The number of benzene rings is 3. The summed E-state index contributed by atoms with van der Waals surface area (Å²) < 4.78 is 0. The summed E-state index contributed by atoms with van der Waals surface area (Å²) in [5, 5.41) is 33.6. The zero-order valence-corrected chi connectivity index (χ0v) is 21.8. The molecule has 8 N–H and O–H groups in total. The third-order valence-electron chi connectivity index (χ3n) is 6.50. The van der Waals surface area contributed by atoms with E-state index in [0.29, 0.717) is 6.42 Å². The fourth-order valence-electron chi connectivity index (χ4n) is 4.37. The van der Waals surface area contributed by atoms with E-state index in [4.69, 9.17) is 11.5 Å². The topological polar surface area (TPSA) is 159 Å². The molecule has 0 saturated carbocycles. The van der Waals surface area contributed by atoms with Gasteiger partial charge < -0.3 is 32.1 Å². The van der Waals surface area contributed by atoms with E-state index in [1.165, 1.54) is 12.2 Å². The molecular formula is C31H37N3O5. The smallest absolute Gasteiger partial charge is 0.240 e. The van der Waals surface area contributed by atoms with Gasteiger partial charge in [0.05, 0.1) is 18.1 Å². The van der Waals surface area contributed by atoms with Crippen LogP contribution in [-0.2, 0) is 28.9 Å². The fourth-order valence-corrected chi connectivity index (χ4v) is 4.37. The van der Waals surface area contributed by atoms with Crippen LogP contribution in [0.3, 0.4) is 0 Å². The van der Waals surface area contributed by atoms with Crippen LogP contribution in [0, 0.1) is 5.92 Å². The summed E-state index contributed by atoms with van der Waals surface area (Å²) in [6.07, 6.45) is 1.82. The number of phenols is 1. The lowest BCUT2D eigenvalue weighted by Gasteiger charge is -2.24. The predicted octanol–water partition coefficient (Wildman–Crippen LogP) is 2.00. The molecule has 39 heavy (non-hydrogen) atoms. The fraction of sp³-hybridized carbons (Fsp3) is 0.290. The second-order valence-corrected chi connectivity index (χ2v) is 9.76. The van der Waals surface area contributed by atoms with Crippen molar-refractivity contribution in [3.8, 4) is 5.75 Å². The molecule has 0 aliphatic carbocycles. The zero-order chi connectivity index (χ0) is 28.2. The van der Waals surface area contributed by atoms with Gasteiger partial charge in [-0.3, -0.25) is 9.59 Å². The van der Waals surface area contributed by atoms with Crippen molar-refractivity contribution in [1.29, 1.82) is 0 Å². The Morgan fingerprint density at radius 3 is 1.87 bits per heavy atom. The summed E-state index contributed by atoms with van der Waals surface area (Å²) in [6.45, 7) is 0. The molecule has 0 bridgehead atoms. The molecule has 5 atom stereocenters. The van der Waals surface area contributed by atoms with Gasteiger partial charge in [-0.2, -0.15) is 0 Å². The van der Waals surface area contributed by atoms with Gasteiger partial charge in [-0.05, 0) is 48.1 Å². The molecule has 206 valence electrons. The van der Waals surface area contributed by atoms with Crippen LogP contribution in [0.2, 0.25) is 0 Å². The Kier molecular flexibility index (Phi) is 11.2. The van der Waals surface area contributed by atoms with E-state index < -0.39 is 36.0 Å². The molecule has 2 amide bonds. The molecule has 0 aromatic heterocycles. The maximum atomic E-state index is 13.3. The van der Waals surface area contributed by atoms with Crippen molar-refractivity contribution in [3.05, 3.63) is 114 Å². The van der Waals surface area contributed by atoms with Gasteiger partial charge in [-0.25, -0.2) is 0 Å². The highest BCUT2D eigenvalue weighted by molar-refractivity contribution is 5.88. The van der Waals surface area contributed by atoms with Crippen LogP contribution in [0.5, 0.6) is 5.75 Å². The van der Waals surface area contributed by atoms with Crippen LogP contribution in [-0.4, -0.2) is 51.4 Å². The lowest BCUT2D eigenvalue weighted by molar-refractivity contribution is -0.131. The number of aliphatic hydroxyl groups excluding tert-OH is 2. The first-order valence-electron chi connectivity index (χ1n) is 13.0. The monoisotopic (exact) mass is 531 g/mol. The van der Waals surface area contributed by atoms with E-state index >= 15 is 0 Å². The molecule has 3 aromatic rings. The van der Waals surface area contributed by atoms with Gasteiger partial charge in [0.25, 0.3) is 0 Å². The number of hydrogen-bond acceptors (Lipinski definition) is 6. The summed E-state index contributed by atoms with van der Waals surface area (Å²) in [4.78, 5) is 25.5. The summed E-state index contributed by atoms with van der Waals surface area (Å²) >= 11 is 0. The molecule has 8 nitrogen and oxygen atoms in total. The van der Waals surface area contributed by atoms with Crippen molar-refractivity contribution in [3.63, 3.8) is 0 Å². The summed E-state index contributed by atoms with van der Waals surface area (Å²) in [7, 11) is 0. The molecule has 3 aromatic carbocycles. The Hall–Kier alpha value is -3.98. The van der Waals surface area contributed by atoms with Crippen LogP contribution in [0.1, 0.15) is 23.1 Å². The number of nitrogens with one attached hydrogen (secondary N) is 1. The molecular weight excluding hydrogens is 494 g/mol. The highest BCUT2D eigenvalue weighted by Gasteiger charge is 2.29. The lowest BCUT2D eigenvalue weighted by Crippen LogP contribution is -2.50. The number of aromatic hydroxyl groups is 1. The first kappa shape index (κ1) is 29.6. The van der Waals surface area contributed by atoms with E-state index in [2.05, 4.69) is 5.32 Å². The molecule has 0 spiro atoms. The first-order valence-corrected chi connectivity index (χ1v) is 13.0. The third kappa shape index (κ3) is 10.0. The van der Waals surface area contributed by atoms with Gasteiger partial charge in [-0.15, -0.1) is 0 Å². The standard InChI is InChI=1S/C31H37N3O5/c32-24(17-23-11-13-25(35)14-12-23)20-26(36)15-16-29(37)27(18-21-7-3-1-4-8-21)31(39)34-28(30(33)38)19-22-9-5-2-6-10-22/h1-16,24,26-29,35-37H,17-20,32H2,(H2,33,38)(H,34,39)/b16-15+/t24-,26-,27-,28-,29+/m0/s1. The minimum absolute atomic E-state index is 0.167. The normalized spacial score (nSPS) is 15.3. The Morgan fingerprint density at radius 2 is 1.31 bits per heavy atom. The van der Waals surface area contributed by atoms with E-state index in [1.54, 1.807) is 24.3 Å². The molecule has 3 rings (SSSR count). The minimum Gasteiger partial charge on any atom is -0.508 e. The number of phenolic OH excluding ortho intramolecular Hbond substituents is 1. The largest absolute Gasteiger partial charge is 0.508 e. The summed E-state index contributed by atoms with van der Waals surface area (Å²) in [6, 6.07) is 23.8. The number of hydrogen-bond donors (Lipinski definition) is 6. The molecule has 8 heteroatoms. The van der Waals surface area contributed by atoms with Crippen molar-refractivity contribution in [2.24, 2.45) is 17.4 Å². The van der Waals surface area contributed by atoms with Crippen molar-refractivity contribution < 1.29 is 24.9 Å². The second kappa shape index (κ2) is 14.8. The van der Waals surface area contributed by atoms with Crippen molar-refractivity contribution in [2.45, 2.75) is 50.0 Å². The van der Waals surface area contributed by atoms with E-state index in [-0.39, 0.29) is 31.1 Å². The maximum Gasteiger partial charge on any atom is 0.240 e. The highest BCUT2D eigenvalue weighted by atomic mass is 16.3. The SMILES string of the molecule is NC(=O)[C@H](Cc1ccccc1)NC(=O)[C@@H](Cc1ccccc1)[C@H](O)/C=C/[C@H](O)C[C@@H](N)Cc1ccc(O)cc1. The number of aliphatic hydroxyl groups is 2. The Labute approximate surface area is 229 Å². The van der Waals surface area contributed by atoms with Crippen molar-refractivity contribution >= 4 is 11.8 Å². The molecule has 0 radical (unpaired) electrons. The molecule has 0 aliphatic heterocycles. The summed E-state index contributed by atoms with van der Waals surface area (Å²) in [5.41, 5.74) is 14.4. The van der Waals surface area contributed by atoms with Crippen LogP contribution >= 0.6 is 0 Å². The predicted molar refractivity (Wildman–Crippen MR) is 150 cm³/mol. The Balaban J connectivity index is 1.67. The molecule has 0 saturated heterocycles. The Morgan fingerprint density at radius 1 is 0.769 bits per heavy atom. The number of carbonyl (C=O) groups excluding carboxylic acids is 2. The van der Waals surface area contributed by atoms with Gasteiger partial charge in [0.2, 0.25) is 11.8 Å². The molecule has 0 aliphatic rings. The number of amides is 2. The second-order valence-electron chi connectivity index (χ2n) is 9.76. The minimum atomic E-state index is -1.24.